The topological polar surface area (TPSA) is 76.5 Å². The number of hydrogen-bond acceptors (Lipinski definition) is 4. The number of ether oxygens (including phenoxy) is 1. The van der Waals surface area contributed by atoms with Gasteiger partial charge in [0.2, 0.25) is 11.8 Å². The van der Waals surface area contributed by atoms with Crippen LogP contribution in [-0.2, 0) is 16.1 Å². The fourth-order valence-electron chi connectivity index (χ4n) is 4.76. The van der Waals surface area contributed by atoms with Crippen LogP contribution in [0.15, 0.2) is 30.3 Å². The summed E-state index contributed by atoms with van der Waals surface area (Å²) in [5.41, 5.74) is 2.71. The molecule has 0 radical (unpaired) electrons. The molecule has 1 spiro atoms. The molecule has 1 saturated heterocycles. The Bertz CT molecular complexity index is 969. The van der Waals surface area contributed by atoms with E-state index in [0.29, 0.717) is 32.2 Å². The van der Waals surface area contributed by atoms with Crippen LogP contribution in [0.4, 0.5) is 0 Å². The molecule has 2 atom stereocenters. The van der Waals surface area contributed by atoms with E-state index in [4.69, 9.17) is 4.74 Å². The lowest BCUT2D eigenvalue weighted by Gasteiger charge is -2.42. The molecule has 1 fully saturated rings. The SMILES string of the molecule is Cc1cc(C)n(CCCC(=O)NC2CC3(CCC(=O)N(C)CC3)Oc3ccccc32)n1. The first-order valence-electron chi connectivity index (χ1n) is 11.2. The van der Waals surface area contributed by atoms with E-state index in [0.717, 1.165) is 42.1 Å². The highest BCUT2D eigenvalue weighted by molar-refractivity contribution is 5.77. The highest BCUT2D eigenvalue weighted by atomic mass is 16.5. The standard InChI is InChI=1S/C24H32N4O3/c1-17-15-18(2)28(26-17)13-6-9-22(29)25-20-16-24(11-10-23(30)27(3)14-12-24)31-21-8-5-4-7-19(20)21/h4-5,7-8,15,20H,6,9-14,16H2,1-3H3,(H,25,29). The van der Waals surface area contributed by atoms with Crippen LogP contribution >= 0.6 is 0 Å². The van der Waals surface area contributed by atoms with Gasteiger partial charge < -0.3 is 15.0 Å². The number of rotatable bonds is 5. The van der Waals surface area contributed by atoms with Crippen molar-refractivity contribution in [2.24, 2.45) is 0 Å². The summed E-state index contributed by atoms with van der Waals surface area (Å²) < 4.78 is 8.42. The molecule has 7 heteroatoms. The van der Waals surface area contributed by atoms with Gasteiger partial charge in [0, 0.05) is 57.1 Å². The van der Waals surface area contributed by atoms with Crippen molar-refractivity contribution >= 4 is 11.8 Å². The van der Waals surface area contributed by atoms with Crippen molar-refractivity contribution in [3.63, 3.8) is 0 Å². The van der Waals surface area contributed by atoms with Crippen molar-refractivity contribution < 1.29 is 14.3 Å². The number of aromatic nitrogens is 2. The van der Waals surface area contributed by atoms with Crippen LogP contribution in [0.3, 0.4) is 0 Å². The van der Waals surface area contributed by atoms with Gasteiger partial charge >= 0.3 is 0 Å². The second kappa shape index (κ2) is 8.73. The van der Waals surface area contributed by atoms with Gasteiger partial charge in [-0.25, -0.2) is 0 Å². The molecule has 0 aliphatic carbocycles. The molecular weight excluding hydrogens is 392 g/mol. The minimum absolute atomic E-state index is 0.0419. The molecule has 2 aliphatic rings. The van der Waals surface area contributed by atoms with Crippen LogP contribution in [-0.4, -0.2) is 45.7 Å². The molecule has 1 aromatic heterocycles. The van der Waals surface area contributed by atoms with Crippen molar-refractivity contribution in [3.8, 4) is 5.75 Å². The quantitative estimate of drug-likeness (QED) is 0.799. The largest absolute Gasteiger partial charge is 0.487 e. The predicted octanol–water partition coefficient (Wildman–Crippen LogP) is 3.30. The summed E-state index contributed by atoms with van der Waals surface area (Å²) in [6.45, 7) is 5.42. The van der Waals surface area contributed by atoms with Gasteiger partial charge in [0.1, 0.15) is 11.4 Å². The van der Waals surface area contributed by atoms with Crippen molar-refractivity contribution in [3.05, 3.63) is 47.3 Å². The number of benzene rings is 1. The molecule has 2 unspecified atom stereocenters. The molecule has 3 heterocycles. The molecular formula is C24H32N4O3. The summed E-state index contributed by atoms with van der Waals surface area (Å²) in [4.78, 5) is 26.8. The fraction of sp³-hybridized carbons (Fsp3) is 0.542. The number of nitrogens with zero attached hydrogens (tertiary/aromatic N) is 3. The number of nitrogens with one attached hydrogen (secondary N) is 1. The average molecular weight is 425 g/mol. The van der Waals surface area contributed by atoms with Crippen molar-refractivity contribution in [2.75, 3.05) is 13.6 Å². The first kappa shape index (κ1) is 21.4. The van der Waals surface area contributed by atoms with E-state index in [1.54, 1.807) is 4.90 Å². The number of carbonyl (C=O) groups excluding carboxylic acids is 2. The summed E-state index contributed by atoms with van der Waals surface area (Å²) in [6, 6.07) is 9.87. The summed E-state index contributed by atoms with van der Waals surface area (Å²) in [5, 5.41) is 7.72. The molecule has 0 bridgehead atoms. The molecule has 1 N–H and O–H groups in total. The maximum Gasteiger partial charge on any atom is 0.222 e. The number of aryl methyl sites for hydroxylation is 3. The molecule has 4 rings (SSSR count). The molecule has 2 aromatic rings. The minimum atomic E-state index is -0.420. The van der Waals surface area contributed by atoms with Crippen LogP contribution < -0.4 is 10.1 Å². The predicted molar refractivity (Wildman–Crippen MR) is 118 cm³/mol. The molecule has 31 heavy (non-hydrogen) atoms. The molecule has 2 amide bonds. The zero-order chi connectivity index (χ0) is 22.0. The van der Waals surface area contributed by atoms with E-state index in [1.807, 2.05) is 55.9 Å². The highest BCUT2D eigenvalue weighted by Gasteiger charge is 2.43. The normalized spacial score (nSPS) is 23.3. The first-order valence-corrected chi connectivity index (χ1v) is 11.2. The Kier molecular flexibility index (Phi) is 6.03. The van der Waals surface area contributed by atoms with Gasteiger partial charge in [0.15, 0.2) is 0 Å². The highest BCUT2D eigenvalue weighted by Crippen LogP contribution is 2.44. The summed E-state index contributed by atoms with van der Waals surface area (Å²) in [5.74, 6) is 1.02. The van der Waals surface area contributed by atoms with Crippen LogP contribution in [0, 0.1) is 13.8 Å². The smallest absolute Gasteiger partial charge is 0.222 e. The minimum Gasteiger partial charge on any atom is -0.487 e. The average Bonchev–Trinajstić information content (AvgIpc) is 3.00. The first-order chi connectivity index (χ1) is 14.8. The molecule has 1 aromatic carbocycles. The van der Waals surface area contributed by atoms with Crippen LogP contribution in [0.2, 0.25) is 0 Å². The third kappa shape index (κ3) is 4.75. The van der Waals surface area contributed by atoms with Gasteiger partial charge in [-0.2, -0.15) is 5.10 Å². The Hall–Kier alpha value is -2.83. The number of para-hydroxylation sites is 1. The van der Waals surface area contributed by atoms with Crippen molar-refractivity contribution in [2.45, 2.75) is 70.6 Å². The molecule has 2 aliphatic heterocycles. The lowest BCUT2D eigenvalue weighted by molar-refractivity contribution is -0.129. The third-order valence-corrected chi connectivity index (χ3v) is 6.53. The molecule has 0 saturated carbocycles. The van der Waals surface area contributed by atoms with E-state index in [-0.39, 0.29) is 17.9 Å². The van der Waals surface area contributed by atoms with E-state index in [2.05, 4.69) is 10.4 Å². The Labute approximate surface area is 183 Å². The number of carbonyl (C=O) groups is 2. The zero-order valence-electron chi connectivity index (χ0n) is 18.7. The van der Waals surface area contributed by atoms with Crippen molar-refractivity contribution in [1.29, 1.82) is 0 Å². The number of hydrogen-bond donors (Lipinski definition) is 1. The number of fused-ring (bicyclic) bond motifs is 1. The summed E-state index contributed by atoms with van der Waals surface area (Å²) in [6.07, 6.45) is 3.80. The maximum absolute atomic E-state index is 12.8. The van der Waals surface area contributed by atoms with E-state index in [9.17, 15) is 9.59 Å². The van der Waals surface area contributed by atoms with Gasteiger partial charge in [-0.15, -0.1) is 0 Å². The van der Waals surface area contributed by atoms with Gasteiger partial charge in [-0.3, -0.25) is 14.3 Å². The fourth-order valence-corrected chi connectivity index (χ4v) is 4.76. The number of likely N-dealkylation sites (tertiary alicyclic amines) is 1. The van der Waals surface area contributed by atoms with Gasteiger partial charge in [-0.1, -0.05) is 18.2 Å². The third-order valence-electron chi connectivity index (χ3n) is 6.53. The van der Waals surface area contributed by atoms with Crippen LogP contribution in [0.5, 0.6) is 5.75 Å². The monoisotopic (exact) mass is 424 g/mol. The maximum atomic E-state index is 12.8. The van der Waals surface area contributed by atoms with E-state index < -0.39 is 5.60 Å². The summed E-state index contributed by atoms with van der Waals surface area (Å²) >= 11 is 0. The second-order valence-corrected chi connectivity index (χ2v) is 8.97. The Morgan fingerprint density at radius 2 is 2.10 bits per heavy atom. The molecule has 166 valence electrons. The lowest BCUT2D eigenvalue weighted by atomic mass is 9.82. The zero-order valence-corrected chi connectivity index (χ0v) is 18.7. The van der Waals surface area contributed by atoms with E-state index in [1.165, 1.54) is 0 Å². The van der Waals surface area contributed by atoms with Gasteiger partial charge in [0.05, 0.1) is 11.7 Å². The van der Waals surface area contributed by atoms with Gasteiger partial charge in [0.25, 0.3) is 0 Å². The van der Waals surface area contributed by atoms with Crippen molar-refractivity contribution in [1.82, 2.24) is 20.0 Å². The van der Waals surface area contributed by atoms with Crippen LogP contribution in [0.1, 0.15) is 61.5 Å². The second-order valence-electron chi connectivity index (χ2n) is 8.97. The Balaban J connectivity index is 1.43. The van der Waals surface area contributed by atoms with Gasteiger partial charge in [-0.05, 0) is 38.8 Å². The van der Waals surface area contributed by atoms with E-state index >= 15 is 0 Å². The number of amides is 2. The Morgan fingerprint density at radius 3 is 2.87 bits per heavy atom. The van der Waals surface area contributed by atoms with Crippen LogP contribution in [0.25, 0.3) is 0 Å². The summed E-state index contributed by atoms with van der Waals surface area (Å²) in [7, 11) is 1.85. The lowest BCUT2D eigenvalue weighted by Crippen LogP contribution is -2.45. The molecule has 7 nitrogen and oxygen atoms in total. The Morgan fingerprint density at radius 1 is 1.29 bits per heavy atom.